The van der Waals surface area contributed by atoms with Gasteiger partial charge in [-0.1, -0.05) is 0 Å². The smallest absolute Gasteiger partial charge is 0.148 e. The summed E-state index contributed by atoms with van der Waals surface area (Å²) in [6.07, 6.45) is 4.34. The Morgan fingerprint density at radius 1 is 1.50 bits per heavy atom. The van der Waals surface area contributed by atoms with Crippen LogP contribution in [0.15, 0.2) is 24.2 Å². The highest BCUT2D eigenvalue weighted by Crippen LogP contribution is 2.01. The van der Waals surface area contributed by atoms with Crippen LogP contribution >= 0.6 is 0 Å². The fraction of sp³-hybridized carbons (Fsp3) is 0.200. The second kappa shape index (κ2) is 2.37. The molecule has 1 rings (SSSR count). The van der Waals surface area contributed by atoms with Crippen molar-refractivity contribution in [3.8, 4) is 0 Å². The van der Waals surface area contributed by atoms with Crippen LogP contribution in [0, 0.1) is 0 Å². The maximum absolute atomic E-state index is 8.44. The predicted octanol–water partition coefficient (Wildman–Crippen LogP) is 0.338. The molecule has 44 valence electrons. The fourth-order valence-electron chi connectivity index (χ4n) is 0.366. The standard InChI is InChI=1S/C5H6O3/c6-3-5-1-2-7-8-4-5/h1-2,4,6H,3H2. The summed E-state index contributed by atoms with van der Waals surface area (Å²) < 4.78 is 0. The van der Waals surface area contributed by atoms with E-state index in [0.29, 0.717) is 5.57 Å². The van der Waals surface area contributed by atoms with Crippen LogP contribution in [0.4, 0.5) is 0 Å². The van der Waals surface area contributed by atoms with E-state index < -0.39 is 0 Å². The van der Waals surface area contributed by atoms with Crippen molar-refractivity contribution >= 4 is 0 Å². The molecule has 0 atom stereocenters. The van der Waals surface area contributed by atoms with Gasteiger partial charge >= 0.3 is 0 Å². The van der Waals surface area contributed by atoms with E-state index in [-0.39, 0.29) is 6.61 Å². The Kier molecular flexibility index (Phi) is 1.54. The number of aliphatic hydroxyl groups excluding tert-OH is 1. The molecule has 1 N–H and O–H groups in total. The second-order valence-corrected chi connectivity index (χ2v) is 1.35. The summed E-state index contributed by atoms with van der Waals surface area (Å²) in [6.45, 7) is -0.0140. The van der Waals surface area contributed by atoms with Gasteiger partial charge in [0.25, 0.3) is 0 Å². The topological polar surface area (TPSA) is 38.7 Å². The number of hydrogen-bond donors (Lipinski definition) is 1. The molecule has 0 aromatic rings. The van der Waals surface area contributed by atoms with Gasteiger partial charge in [0.05, 0.1) is 6.61 Å². The lowest BCUT2D eigenvalue weighted by molar-refractivity contribution is -0.200. The van der Waals surface area contributed by atoms with E-state index in [4.69, 9.17) is 5.11 Å². The minimum atomic E-state index is -0.0140. The molecule has 0 bridgehead atoms. The summed E-state index contributed by atoms with van der Waals surface area (Å²) >= 11 is 0. The molecule has 3 heteroatoms. The Morgan fingerprint density at radius 2 is 2.38 bits per heavy atom. The Bertz CT molecular complexity index is 126. The Balaban J connectivity index is 2.51. The first-order chi connectivity index (χ1) is 3.93. The Labute approximate surface area is 46.8 Å². The highest BCUT2D eigenvalue weighted by molar-refractivity contribution is 5.15. The summed E-state index contributed by atoms with van der Waals surface area (Å²) in [5, 5.41) is 8.44. The van der Waals surface area contributed by atoms with E-state index >= 15 is 0 Å². The molecule has 0 aliphatic carbocycles. The molecule has 0 saturated carbocycles. The van der Waals surface area contributed by atoms with Crippen molar-refractivity contribution in [2.75, 3.05) is 6.61 Å². The summed E-state index contributed by atoms with van der Waals surface area (Å²) in [5.74, 6) is 0. The summed E-state index contributed by atoms with van der Waals surface area (Å²) in [7, 11) is 0. The molecule has 0 aromatic carbocycles. The quantitative estimate of drug-likeness (QED) is 0.499. The minimum absolute atomic E-state index is 0.0140. The van der Waals surface area contributed by atoms with Crippen molar-refractivity contribution in [1.29, 1.82) is 0 Å². The van der Waals surface area contributed by atoms with Crippen LogP contribution in [-0.4, -0.2) is 11.7 Å². The zero-order valence-corrected chi connectivity index (χ0v) is 4.20. The van der Waals surface area contributed by atoms with E-state index in [1.807, 2.05) is 0 Å². The lowest BCUT2D eigenvalue weighted by Crippen LogP contribution is -1.93. The molecular weight excluding hydrogens is 108 g/mol. The van der Waals surface area contributed by atoms with Crippen LogP contribution in [0.1, 0.15) is 0 Å². The lowest BCUT2D eigenvalue weighted by atomic mass is 10.3. The van der Waals surface area contributed by atoms with Crippen molar-refractivity contribution in [2.45, 2.75) is 0 Å². The third-order valence-corrected chi connectivity index (χ3v) is 0.775. The van der Waals surface area contributed by atoms with Crippen LogP contribution in [0.2, 0.25) is 0 Å². The van der Waals surface area contributed by atoms with E-state index in [0.717, 1.165) is 0 Å². The summed E-state index contributed by atoms with van der Waals surface area (Å²) in [5.41, 5.74) is 0.705. The van der Waals surface area contributed by atoms with Crippen molar-refractivity contribution in [3.63, 3.8) is 0 Å². The molecule has 3 nitrogen and oxygen atoms in total. The molecule has 8 heavy (non-hydrogen) atoms. The first-order valence-electron chi connectivity index (χ1n) is 2.22. The first kappa shape index (κ1) is 5.18. The zero-order chi connectivity index (χ0) is 5.82. The second-order valence-electron chi connectivity index (χ2n) is 1.35. The van der Waals surface area contributed by atoms with Gasteiger partial charge in [0.15, 0.2) is 0 Å². The van der Waals surface area contributed by atoms with E-state index in [1.54, 1.807) is 6.08 Å². The SMILES string of the molecule is OCC1=COOC=C1. The van der Waals surface area contributed by atoms with Crippen LogP contribution in [0.3, 0.4) is 0 Å². The van der Waals surface area contributed by atoms with Crippen LogP contribution in [0.5, 0.6) is 0 Å². The van der Waals surface area contributed by atoms with Crippen LogP contribution in [0.25, 0.3) is 0 Å². The lowest BCUT2D eigenvalue weighted by Gasteiger charge is -2.02. The molecule has 0 spiro atoms. The molecule has 0 unspecified atom stereocenters. The molecule has 1 aliphatic heterocycles. The van der Waals surface area contributed by atoms with Gasteiger partial charge in [-0.25, -0.2) is 0 Å². The average molecular weight is 114 g/mol. The number of hydrogen-bond acceptors (Lipinski definition) is 3. The Morgan fingerprint density at radius 3 is 2.75 bits per heavy atom. The highest BCUT2D eigenvalue weighted by atomic mass is 17.2. The van der Waals surface area contributed by atoms with Crippen molar-refractivity contribution in [1.82, 2.24) is 0 Å². The maximum Gasteiger partial charge on any atom is 0.148 e. The van der Waals surface area contributed by atoms with Gasteiger partial charge in [-0.15, -0.1) is 0 Å². The van der Waals surface area contributed by atoms with Crippen LogP contribution < -0.4 is 0 Å². The Hall–Kier alpha value is -0.960. The number of rotatable bonds is 1. The third-order valence-electron chi connectivity index (χ3n) is 0.775. The van der Waals surface area contributed by atoms with Gasteiger partial charge in [-0.3, -0.25) is 9.78 Å². The molecule has 0 fully saturated rings. The minimum Gasteiger partial charge on any atom is -0.392 e. The van der Waals surface area contributed by atoms with Crippen LogP contribution in [-0.2, 0) is 9.78 Å². The largest absolute Gasteiger partial charge is 0.392 e. The van der Waals surface area contributed by atoms with Gasteiger partial charge < -0.3 is 5.11 Å². The van der Waals surface area contributed by atoms with Crippen molar-refractivity contribution in [3.05, 3.63) is 24.2 Å². The average Bonchev–Trinajstić information content (AvgIpc) is 1.90. The molecule has 1 aliphatic rings. The third kappa shape index (κ3) is 1.01. The van der Waals surface area contributed by atoms with Gasteiger partial charge in [0.1, 0.15) is 12.5 Å². The predicted molar refractivity (Wildman–Crippen MR) is 26.5 cm³/mol. The molecule has 0 saturated heterocycles. The van der Waals surface area contributed by atoms with Crippen molar-refractivity contribution in [2.24, 2.45) is 0 Å². The van der Waals surface area contributed by atoms with Crippen molar-refractivity contribution < 1.29 is 14.9 Å². The molecule has 1 heterocycles. The summed E-state index contributed by atoms with van der Waals surface area (Å²) in [4.78, 5) is 8.70. The van der Waals surface area contributed by atoms with E-state index in [2.05, 4.69) is 9.78 Å². The normalized spacial score (nSPS) is 16.4. The number of aliphatic hydroxyl groups is 1. The van der Waals surface area contributed by atoms with E-state index in [1.165, 1.54) is 12.5 Å². The fourth-order valence-corrected chi connectivity index (χ4v) is 0.366. The molecule has 0 aromatic heterocycles. The molecular formula is C5H6O3. The van der Waals surface area contributed by atoms with Gasteiger partial charge in [0.2, 0.25) is 0 Å². The monoisotopic (exact) mass is 114 g/mol. The summed E-state index contributed by atoms with van der Waals surface area (Å²) in [6, 6.07) is 0. The van der Waals surface area contributed by atoms with Gasteiger partial charge in [0, 0.05) is 5.57 Å². The molecule has 0 amide bonds. The van der Waals surface area contributed by atoms with E-state index in [9.17, 15) is 0 Å². The van der Waals surface area contributed by atoms with Gasteiger partial charge in [-0.05, 0) is 6.08 Å². The zero-order valence-electron chi connectivity index (χ0n) is 4.20. The maximum atomic E-state index is 8.44. The van der Waals surface area contributed by atoms with Gasteiger partial charge in [-0.2, -0.15) is 0 Å². The molecule has 0 radical (unpaired) electrons. The highest BCUT2D eigenvalue weighted by Gasteiger charge is 1.93. The first-order valence-corrected chi connectivity index (χ1v) is 2.22.